The quantitative estimate of drug-likeness (QED) is 0.756. The van der Waals surface area contributed by atoms with E-state index in [-0.39, 0.29) is 0 Å². The molecule has 16 heavy (non-hydrogen) atoms. The molecular formula is C13H13NO2. The van der Waals surface area contributed by atoms with Crippen molar-refractivity contribution in [3.63, 3.8) is 0 Å². The lowest BCUT2D eigenvalue weighted by Crippen LogP contribution is -2.39. The van der Waals surface area contributed by atoms with E-state index in [4.69, 9.17) is 6.42 Å². The zero-order valence-electron chi connectivity index (χ0n) is 8.89. The minimum Gasteiger partial charge on any atom is -0.480 e. The molecule has 0 fully saturated rings. The maximum Gasteiger partial charge on any atom is 0.325 e. The third-order valence-corrected chi connectivity index (χ3v) is 2.91. The van der Waals surface area contributed by atoms with Gasteiger partial charge in [0.1, 0.15) is 6.04 Å². The Morgan fingerprint density at radius 1 is 1.56 bits per heavy atom. The van der Waals surface area contributed by atoms with Crippen LogP contribution in [0.25, 0.3) is 0 Å². The highest BCUT2D eigenvalue weighted by Crippen LogP contribution is 2.29. The smallest absolute Gasteiger partial charge is 0.325 e. The predicted octanol–water partition coefficient (Wildman–Crippen LogP) is 1.30. The van der Waals surface area contributed by atoms with E-state index in [0.717, 1.165) is 17.5 Å². The number of hydrogen-bond acceptors (Lipinski definition) is 2. The van der Waals surface area contributed by atoms with Gasteiger partial charge < -0.3 is 5.11 Å². The van der Waals surface area contributed by atoms with Crippen LogP contribution in [0, 0.1) is 12.3 Å². The number of fused-ring (bicyclic) bond motifs is 1. The number of nitrogens with zero attached hydrogens (tertiary/aromatic N) is 1. The monoisotopic (exact) mass is 215 g/mol. The number of terminal acetylenes is 1. The molecule has 3 nitrogen and oxygen atoms in total. The summed E-state index contributed by atoms with van der Waals surface area (Å²) in [5.74, 6) is 1.68. The van der Waals surface area contributed by atoms with Crippen molar-refractivity contribution in [3.05, 3.63) is 35.4 Å². The molecule has 1 aromatic rings. The number of aliphatic carboxylic acids is 1. The first kappa shape index (κ1) is 10.7. The lowest BCUT2D eigenvalue weighted by molar-refractivity contribution is -0.143. The van der Waals surface area contributed by atoms with Gasteiger partial charge in [-0.15, -0.1) is 6.42 Å². The summed E-state index contributed by atoms with van der Waals surface area (Å²) in [6.07, 6.45) is 6.12. The highest BCUT2D eigenvalue weighted by atomic mass is 16.4. The van der Waals surface area contributed by atoms with Gasteiger partial charge in [-0.05, 0) is 17.5 Å². The van der Waals surface area contributed by atoms with Crippen molar-refractivity contribution in [2.45, 2.75) is 12.5 Å². The topological polar surface area (TPSA) is 40.5 Å². The van der Waals surface area contributed by atoms with Crippen LogP contribution in [0.5, 0.6) is 0 Å². The van der Waals surface area contributed by atoms with Gasteiger partial charge >= 0.3 is 5.97 Å². The number of carboxylic acid groups (broad SMARTS) is 1. The molecule has 3 heteroatoms. The number of carbonyl (C=O) groups is 1. The van der Waals surface area contributed by atoms with Crippen molar-refractivity contribution >= 4 is 5.97 Å². The van der Waals surface area contributed by atoms with E-state index in [1.165, 1.54) is 0 Å². The number of hydrogen-bond donors (Lipinski definition) is 1. The standard InChI is InChI=1S/C13H13NO2/c1-2-8-14-9-7-10-5-3-4-6-11(10)12(14)13(15)16/h1,3-6,12H,7-9H2,(H,15,16). The molecule has 0 spiro atoms. The SMILES string of the molecule is C#CCN1CCc2ccccc2C1C(=O)O. The van der Waals surface area contributed by atoms with Crippen molar-refractivity contribution in [2.75, 3.05) is 13.1 Å². The molecule has 0 aromatic heterocycles. The molecule has 1 unspecified atom stereocenters. The number of carboxylic acids is 1. The van der Waals surface area contributed by atoms with E-state index in [1.807, 2.05) is 29.2 Å². The lowest BCUT2D eigenvalue weighted by atomic mass is 9.92. The molecule has 1 atom stereocenters. The van der Waals surface area contributed by atoms with E-state index in [1.54, 1.807) is 0 Å². The fraction of sp³-hybridized carbons (Fsp3) is 0.308. The van der Waals surface area contributed by atoms with Crippen LogP contribution < -0.4 is 0 Å². The van der Waals surface area contributed by atoms with Gasteiger partial charge in [0.2, 0.25) is 0 Å². The van der Waals surface area contributed by atoms with Crippen LogP contribution in [0.1, 0.15) is 17.2 Å². The zero-order chi connectivity index (χ0) is 11.5. The molecule has 0 amide bonds. The van der Waals surface area contributed by atoms with Crippen LogP contribution in [-0.4, -0.2) is 29.1 Å². The second kappa shape index (κ2) is 4.38. The molecule has 1 aromatic carbocycles. The molecule has 0 bridgehead atoms. The van der Waals surface area contributed by atoms with Crippen LogP contribution in [0.4, 0.5) is 0 Å². The Morgan fingerprint density at radius 3 is 3.00 bits per heavy atom. The van der Waals surface area contributed by atoms with Crippen molar-refractivity contribution in [3.8, 4) is 12.3 Å². The molecule has 0 radical (unpaired) electrons. The molecule has 0 aliphatic carbocycles. The normalized spacial score (nSPS) is 19.8. The summed E-state index contributed by atoms with van der Waals surface area (Å²) >= 11 is 0. The number of benzene rings is 1. The summed E-state index contributed by atoms with van der Waals surface area (Å²) in [6, 6.07) is 7.07. The Kier molecular flexibility index (Phi) is 2.93. The van der Waals surface area contributed by atoms with E-state index in [2.05, 4.69) is 5.92 Å². The van der Waals surface area contributed by atoms with Crippen molar-refractivity contribution < 1.29 is 9.90 Å². The average molecular weight is 215 g/mol. The third-order valence-electron chi connectivity index (χ3n) is 2.91. The summed E-state index contributed by atoms with van der Waals surface area (Å²) in [5, 5.41) is 9.27. The minimum atomic E-state index is -0.831. The fourth-order valence-corrected chi connectivity index (χ4v) is 2.20. The Balaban J connectivity index is 2.40. The molecule has 82 valence electrons. The van der Waals surface area contributed by atoms with Crippen molar-refractivity contribution in [2.24, 2.45) is 0 Å². The molecule has 1 N–H and O–H groups in total. The van der Waals surface area contributed by atoms with Crippen LogP contribution in [0.3, 0.4) is 0 Å². The van der Waals surface area contributed by atoms with Gasteiger partial charge in [-0.2, -0.15) is 0 Å². The molecule has 1 aliphatic heterocycles. The van der Waals surface area contributed by atoms with Gasteiger partial charge in [0, 0.05) is 6.54 Å². The molecule has 2 rings (SSSR count). The Labute approximate surface area is 94.7 Å². The van der Waals surface area contributed by atoms with Crippen LogP contribution in [0.15, 0.2) is 24.3 Å². The summed E-state index contributed by atoms with van der Waals surface area (Å²) < 4.78 is 0. The highest BCUT2D eigenvalue weighted by molar-refractivity contribution is 5.76. The van der Waals surface area contributed by atoms with E-state index >= 15 is 0 Å². The predicted molar refractivity (Wildman–Crippen MR) is 60.9 cm³/mol. The minimum absolute atomic E-state index is 0.380. The molecular weight excluding hydrogens is 202 g/mol. The summed E-state index contributed by atoms with van der Waals surface area (Å²) in [4.78, 5) is 13.1. The second-order valence-corrected chi connectivity index (χ2v) is 3.86. The highest BCUT2D eigenvalue weighted by Gasteiger charge is 2.31. The van der Waals surface area contributed by atoms with E-state index in [9.17, 15) is 9.90 Å². The first-order valence-electron chi connectivity index (χ1n) is 5.22. The molecule has 0 saturated carbocycles. The van der Waals surface area contributed by atoms with Crippen LogP contribution in [-0.2, 0) is 11.2 Å². The van der Waals surface area contributed by atoms with Gasteiger partial charge in [-0.1, -0.05) is 30.2 Å². The maximum absolute atomic E-state index is 11.3. The van der Waals surface area contributed by atoms with Crippen molar-refractivity contribution in [1.29, 1.82) is 0 Å². The zero-order valence-corrected chi connectivity index (χ0v) is 8.89. The van der Waals surface area contributed by atoms with Gasteiger partial charge in [-0.3, -0.25) is 9.69 Å². The lowest BCUT2D eigenvalue weighted by Gasteiger charge is -2.33. The Hall–Kier alpha value is -1.79. The first-order valence-corrected chi connectivity index (χ1v) is 5.22. The average Bonchev–Trinajstić information content (AvgIpc) is 2.28. The second-order valence-electron chi connectivity index (χ2n) is 3.86. The first-order chi connectivity index (χ1) is 7.74. The summed E-state index contributed by atoms with van der Waals surface area (Å²) in [5.41, 5.74) is 1.99. The van der Waals surface area contributed by atoms with Gasteiger partial charge in [0.15, 0.2) is 0 Å². The Bertz CT molecular complexity index is 447. The molecule has 1 aliphatic rings. The third kappa shape index (κ3) is 1.80. The fourth-order valence-electron chi connectivity index (χ4n) is 2.20. The number of rotatable bonds is 2. The summed E-state index contributed by atoms with van der Waals surface area (Å²) in [6.45, 7) is 1.09. The van der Waals surface area contributed by atoms with Gasteiger partial charge in [0.25, 0.3) is 0 Å². The maximum atomic E-state index is 11.3. The van der Waals surface area contributed by atoms with Crippen molar-refractivity contribution in [1.82, 2.24) is 4.90 Å². The van der Waals surface area contributed by atoms with Gasteiger partial charge in [-0.25, -0.2) is 0 Å². The Morgan fingerprint density at radius 2 is 2.31 bits per heavy atom. The molecule has 1 heterocycles. The molecule has 0 saturated heterocycles. The summed E-state index contributed by atoms with van der Waals surface area (Å²) in [7, 11) is 0. The van der Waals surface area contributed by atoms with Crippen LogP contribution in [0.2, 0.25) is 0 Å². The van der Waals surface area contributed by atoms with Gasteiger partial charge in [0.05, 0.1) is 6.54 Å². The van der Waals surface area contributed by atoms with Crippen LogP contribution >= 0.6 is 0 Å². The van der Waals surface area contributed by atoms with E-state index < -0.39 is 12.0 Å². The largest absolute Gasteiger partial charge is 0.480 e. The van der Waals surface area contributed by atoms with E-state index in [0.29, 0.717) is 13.1 Å².